The lowest BCUT2D eigenvalue weighted by atomic mass is 10.2. The van der Waals surface area contributed by atoms with Crippen LogP contribution in [0.4, 0.5) is 5.82 Å². The number of carbonyl (C=O) groups excluding carboxylic acids is 1. The van der Waals surface area contributed by atoms with E-state index in [0.29, 0.717) is 35.2 Å². The van der Waals surface area contributed by atoms with Gasteiger partial charge in [0.05, 0.1) is 16.6 Å². The summed E-state index contributed by atoms with van der Waals surface area (Å²) in [7, 11) is 1.57. The lowest BCUT2D eigenvalue weighted by molar-refractivity contribution is 0.0955. The molecule has 0 aliphatic carbocycles. The van der Waals surface area contributed by atoms with Crippen molar-refractivity contribution in [2.24, 2.45) is 0 Å². The first-order chi connectivity index (χ1) is 10.6. The van der Waals surface area contributed by atoms with Crippen LogP contribution in [0.25, 0.3) is 0 Å². The highest BCUT2D eigenvalue weighted by Crippen LogP contribution is 2.22. The maximum atomic E-state index is 12.0. The average Bonchev–Trinajstić information content (AvgIpc) is 2.53. The number of pyridine rings is 1. The number of ether oxygens (including phenoxy) is 1. The number of methoxy groups -OCH3 is 1. The van der Waals surface area contributed by atoms with Crippen LogP contribution in [0.15, 0.2) is 41.0 Å². The van der Waals surface area contributed by atoms with E-state index >= 15 is 0 Å². The van der Waals surface area contributed by atoms with Crippen molar-refractivity contribution in [1.29, 1.82) is 0 Å². The summed E-state index contributed by atoms with van der Waals surface area (Å²) in [6.07, 6.45) is 1.56. The zero-order chi connectivity index (χ0) is 15.9. The molecular weight excluding hydrogens is 370 g/mol. The molecule has 2 rings (SSSR count). The summed E-state index contributed by atoms with van der Waals surface area (Å²) < 4.78 is 5.87. The Morgan fingerprint density at radius 1 is 1.36 bits per heavy atom. The topological polar surface area (TPSA) is 63.2 Å². The van der Waals surface area contributed by atoms with Gasteiger partial charge >= 0.3 is 0 Å². The molecule has 0 aliphatic rings. The zero-order valence-electron chi connectivity index (χ0n) is 11.9. The van der Waals surface area contributed by atoms with Crippen molar-refractivity contribution in [3.05, 3.63) is 51.6 Å². The molecule has 0 bridgehead atoms. The Labute approximate surface area is 142 Å². The molecule has 0 saturated heterocycles. The van der Waals surface area contributed by atoms with Crippen LogP contribution in [-0.4, -0.2) is 31.1 Å². The summed E-state index contributed by atoms with van der Waals surface area (Å²) in [5.74, 6) is 1.18. The number of aromatic nitrogens is 1. The SMILES string of the molecule is COc1cccc(C(=O)NCCNc2ncc(Cl)cc2Br)c1. The number of nitrogens with one attached hydrogen (secondary N) is 2. The van der Waals surface area contributed by atoms with E-state index in [1.54, 1.807) is 43.6 Å². The number of benzene rings is 1. The van der Waals surface area contributed by atoms with Crippen LogP contribution < -0.4 is 15.4 Å². The normalized spacial score (nSPS) is 10.1. The third kappa shape index (κ3) is 4.61. The number of anilines is 1. The molecule has 1 amide bonds. The Morgan fingerprint density at radius 3 is 2.91 bits per heavy atom. The third-order valence-electron chi connectivity index (χ3n) is 2.84. The molecule has 1 aromatic heterocycles. The minimum atomic E-state index is -0.149. The van der Waals surface area contributed by atoms with Gasteiger partial charge in [-0.25, -0.2) is 4.98 Å². The van der Waals surface area contributed by atoms with Crippen molar-refractivity contribution < 1.29 is 9.53 Å². The fourth-order valence-electron chi connectivity index (χ4n) is 1.77. The monoisotopic (exact) mass is 383 g/mol. The van der Waals surface area contributed by atoms with Crippen LogP contribution >= 0.6 is 27.5 Å². The molecule has 1 aromatic carbocycles. The molecule has 116 valence electrons. The van der Waals surface area contributed by atoms with E-state index in [-0.39, 0.29) is 5.91 Å². The first-order valence-corrected chi connectivity index (χ1v) is 7.74. The molecular formula is C15H15BrClN3O2. The van der Waals surface area contributed by atoms with Crippen LogP contribution in [0.2, 0.25) is 5.02 Å². The molecule has 7 heteroatoms. The van der Waals surface area contributed by atoms with E-state index in [0.717, 1.165) is 4.47 Å². The summed E-state index contributed by atoms with van der Waals surface area (Å²) in [5.41, 5.74) is 0.560. The first kappa shape index (κ1) is 16.6. The van der Waals surface area contributed by atoms with Crippen molar-refractivity contribution in [2.75, 3.05) is 25.5 Å². The maximum Gasteiger partial charge on any atom is 0.251 e. The van der Waals surface area contributed by atoms with Crippen LogP contribution in [-0.2, 0) is 0 Å². The minimum absolute atomic E-state index is 0.149. The number of hydrogen-bond acceptors (Lipinski definition) is 4. The second-order valence-corrected chi connectivity index (χ2v) is 5.69. The predicted octanol–water partition coefficient (Wildman–Crippen LogP) is 3.35. The van der Waals surface area contributed by atoms with E-state index in [4.69, 9.17) is 16.3 Å². The van der Waals surface area contributed by atoms with Gasteiger partial charge in [0.1, 0.15) is 11.6 Å². The number of halogens is 2. The predicted molar refractivity (Wildman–Crippen MR) is 90.8 cm³/mol. The highest BCUT2D eigenvalue weighted by atomic mass is 79.9. The molecule has 1 heterocycles. The number of carbonyl (C=O) groups is 1. The van der Waals surface area contributed by atoms with Gasteiger partial charge in [0.25, 0.3) is 5.91 Å². The Balaban J connectivity index is 1.82. The second-order valence-electron chi connectivity index (χ2n) is 4.40. The standard InChI is InChI=1S/C15H15BrClN3O2/c1-22-12-4-2-3-10(7-12)15(21)19-6-5-18-14-13(16)8-11(17)9-20-14/h2-4,7-9H,5-6H2,1H3,(H,18,20)(H,19,21). The van der Waals surface area contributed by atoms with Gasteiger partial charge in [0, 0.05) is 24.8 Å². The quantitative estimate of drug-likeness (QED) is 0.750. The molecule has 0 aliphatic heterocycles. The van der Waals surface area contributed by atoms with E-state index in [1.807, 2.05) is 0 Å². The maximum absolute atomic E-state index is 12.0. The molecule has 2 N–H and O–H groups in total. The third-order valence-corrected chi connectivity index (χ3v) is 3.65. The van der Waals surface area contributed by atoms with Gasteiger partial charge in [-0.3, -0.25) is 4.79 Å². The van der Waals surface area contributed by atoms with Gasteiger partial charge in [0.15, 0.2) is 0 Å². The van der Waals surface area contributed by atoms with Gasteiger partial charge in [0.2, 0.25) is 0 Å². The van der Waals surface area contributed by atoms with E-state index in [1.165, 1.54) is 0 Å². The molecule has 0 spiro atoms. The smallest absolute Gasteiger partial charge is 0.251 e. The van der Waals surface area contributed by atoms with E-state index < -0.39 is 0 Å². The molecule has 22 heavy (non-hydrogen) atoms. The Morgan fingerprint density at radius 2 is 2.18 bits per heavy atom. The van der Waals surface area contributed by atoms with E-state index in [2.05, 4.69) is 31.5 Å². The zero-order valence-corrected chi connectivity index (χ0v) is 14.2. The Bertz CT molecular complexity index is 667. The van der Waals surface area contributed by atoms with Crippen LogP contribution in [0.3, 0.4) is 0 Å². The van der Waals surface area contributed by atoms with Gasteiger partial charge in [-0.15, -0.1) is 0 Å². The van der Waals surface area contributed by atoms with Gasteiger partial charge in [-0.1, -0.05) is 17.7 Å². The van der Waals surface area contributed by atoms with Crippen LogP contribution in [0, 0.1) is 0 Å². The number of amides is 1. The van der Waals surface area contributed by atoms with Crippen molar-refractivity contribution in [2.45, 2.75) is 0 Å². The molecule has 0 atom stereocenters. The van der Waals surface area contributed by atoms with Gasteiger partial charge in [-0.05, 0) is 40.2 Å². The summed E-state index contributed by atoms with van der Waals surface area (Å²) in [5, 5.41) is 6.50. The summed E-state index contributed by atoms with van der Waals surface area (Å²) in [6.45, 7) is 1.01. The number of hydrogen-bond donors (Lipinski definition) is 2. The number of nitrogens with zero attached hydrogens (tertiary/aromatic N) is 1. The number of rotatable bonds is 6. The lowest BCUT2D eigenvalue weighted by Crippen LogP contribution is -2.28. The molecule has 0 unspecified atom stereocenters. The fourth-order valence-corrected chi connectivity index (χ4v) is 2.55. The van der Waals surface area contributed by atoms with Crippen molar-refractivity contribution in [3.63, 3.8) is 0 Å². The Kier molecular flexibility index (Phi) is 6.03. The second kappa shape index (κ2) is 8.00. The van der Waals surface area contributed by atoms with Crippen LogP contribution in [0.5, 0.6) is 5.75 Å². The highest BCUT2D eigenvalue weighted by molar-refractivity contribution is 9.10. The summed E-state index contributed by atoms with van der Waals surface area (Å²) in [4.78, 5) is 16.2. The fraction of sp³-hybridized carbons (Fsp3) is 0.200. The van der Waals surface area contributed by atoms with E-state index in [9.17, 15) is 4.79 Å². The molecule has 0 fully saturated rings. The highest BCUT2D eigenvalue weighted by Gasteiger charge is 2.06. The summed E-state index contributed by atoms with van der Waals surface area (Å²) in [6, 6.07) is 8.76. The minimum Gasteiger partial charge on any atom is -0.497 e. The van der Waals surface area contributed by atoms with Gasteiger partial charge < -0.3 is 15.4 Å². The molecule has 0 saturated carbocycles. The molecule has 2 aromatic rings. The first-order valence-electron chi connectivity index (χ1n) is 6.57. The largest absolute Gasteiger partial charge is 0.497 e. The Hall–Kier alpha value is -1.79. The summed E-state index contributed by atoms with van der Waals surface area (Å²) >= 11 is 9.19. The average molecular weight is 385 g/mol. The molecule has 5 nitrogen and oxygen atoms in total. The lowest BCUT2D eigenvalue weighted by Gasteiger charge is -2.09. The van der Waals surface area contributed by atoms with Crippen molar-refractivity contribution >= 4 is 39.3 Å². The van der Waals surface area contributed by atoms with Crippen molar-refractivity contribution in [3.8, 4) is 5.75 Å². The van der Waals surface area contributed by atoms with Crippen LogP contribution in [0.1, 0.15) is 10.4 Å². The molecule has 0 radical (unpaired) electrons. The van der Waals surface area contributed by atoms with Crippen molar-refractivity contribution in [1.82, 2.24) is 10.3 Å². The van der Waals surface area contributed by atoms with Gasteiger partial charge in [-0.2, -0.15) is 0 Å².